The van der Waals surface area contributed by atoms with Crippen molar-refractivity contribution in [2.45, 2.75) is 12.3 Å². The zero-order valence-electron chi connectivity index (χ0n) is 10.5. The van der Waals surface area contributed by atoms with E-state index in [4.69, 9.17) is 23.2 Å². The molecule has 1 aliphatic heterocycles. The van der Waals surface area contributed by atoms with Gasteiger partial charge in [0.2, 0.25) is 5.91 Å². The van der Waals surface area contributed by atoms with Crippen molar-refractivity contribution in [3.05, 3.63) is 38.7 Å². The first-order valence-electron chi connectivity index (χ1n) is 6.01. The van der Waals surface area contributed by atoms with E-state index in [0.717, 1.165) is 15.6 Å². The van der Waals surface area contributed by atoms with Gasteiger partial charge >= 0.3 is 0 Å². The molecule has 0 fully saturated rings. The number of rotatable bonds is 2. The zero-order chi connectivity index (χ0) is 14.3. The van der Waals surface area contributed by atoms with Crippen LogP contribution >= 0.6 is 34.5 Å². The van der Waals surface area contributed by atoms with Crippen molar-refractivity contribution in [3.63, 3.8) is 0 Å². The molecule has 104 valence electrons. The Morgan fingerprint density at radius 1 is 1.40 bits per heavy atom. The molecular weight excluding hydrogens is 317 g/mol. The number of hydrogen-bond donors (Lipinski definition) is 2. The number of carbonyl (C=O) groups is 1. The third kappa shape index (κ3) is 2.37. The summed E-state index contributed by atoms with van der Waals surface area (Å²) < 4.78 is 0. The maximum Gasteiger partial charge on any atom is 0.226 e. The van der Waals surface area contributed by atoms with Crippen molar-refractivity contribution in [2.24, 2.45) is 0 Å². The van der Waals surface area contributed by atoms with E-state index < -0.39 is 0 Å². The summed E-state index contributed by atoms with van der Waals surface area (Å²) in [4.78, 5) is 17.2. The number of nitrogens with one attached hydrogen (secondary N) is 2. The monoisotopic (exact) mass is 327 g/mol. The molecule has 1 aromatic carbocycles. The van der Waals surface area contributed by atoms with E-state index in [1.807, 2.05) is 12.1 Å². The number of benzene rings is 1. The minimum absolute atomic E-state index is 0.0342. The molecule has 0 saturated carbocycles. The van der Waals surface area contributed by atoms with Gasteiger partial charge in [-0.25, -0.2) is 4.98 Å². The molecule has 3 rings (SSSR count). The maximum absolute atomic E-state index is 11.8. The van der Waals surface area contributed by atoms with Crippen LogP contribution in [0.2, 0.25) is 10.0 Å². The largest absolute Gasteiger partial charge is 0.365 e. The standard InChI is InChI=1S/C13H11Cl2N3OS/c1-16-13-18-12-11(20-13)7(5-10(19)17-12)6-2-3-8(14)9(15)4-6/h2-4,7H,5H2,1H3,(H,16,18)(H,17,19). The Kier molecular flexibility index (Phi) is 3.58. The fourth-order valence-corrected chi connectivity index (χ4v) is 3.53. The first kappa shape index (κ1) is 13.7. The molecule has 2 aromatic rings. The molecule has 1 aromatic heterocycles. The van der Waals surface area contributed by atoms with E-state index in [9.17, 15) is 4.79 Å². The van der Waals surface area contributed by atoms with Crippen molar-refractivity contribution in [1.29, 1.82) is 0 Å². The molecule has 2 heterocycles. The van der Waals surface area contributed by atoms with Crippen molar-refractivity contribution in [3.8, 4) is 0 Å². The molecular formula is C13H11Cl2N3OS. The molecule has 0 aliphatic carbocycles. The number of hydrogen-bond acceptors (Lipinski definition) is 4. The second-order valence-corrected chi connectivity index (χ2v) is 6.31. The second-order valence-electron chi connectivity index (χ2n) is 4.46. The normalized spacial score (nSPS) is 17.6. The molecule has 0 spiro atoms. The highest BCUT2D eigenvalue weighted by Gasteiger charge is 2.30. The number of fused-ring (bicyclic) bond motifs is 1. The van der Waals surface area contributed by atoms with Gasteiger partial charge in [0, 0.05) is 19.4 Å². The molecule has 0 radical (unpaired) electrons. The molecule has 2 N–H and O–H groups in total. The average Bonchev–Trinajstić information content (AvgIpc) is 2.83. The van der Waals surface area contributed by atoms with Crippen LogP contribution in [0.5, 0.6) is 0 Å². The lowest BCUT2D eigenvalue weighted by atomic mass is 9.92. The predicted octanol–water partition coefficient (Wildman–Crippen LogP) is 3.97. The summed E-state index contributed by atoms with van der Waals surface area (Å²) in [6.07, 6.45) is 0.385. The Morgan fingerprint density at radius 2 is 2.20 bits per heavy atom. The highest BCUT2D eigenvalue weighted by atomic mass is 35.5. The van der Waals surface area contributed by atoms with Gasteiger partial charge in [-0.1, -0.05) is 40.6 Å². The number of thiazole rings is 1. The number of aromatic nitrogens is 1. The van der Waals surface area contributed by atoms with E-state index >= 15 is 0 Å². The molecule has 1 aliphatic rings. The van der Waals surface area contributed by atoms with E-state index in [1.165, 1.54) is 11.3 Å². The third-order valence-electron chi connectivity index (χ3n) is 3.18. The number of anilines is 2. The molecule has 20 heavy (non-hydrogen) atoms. The van der Waals surface area contributed by atoms with Gasteiger partial charge in [-0.2, -0.15) is 0 Å². The molecule has 1 atom stereocenters. The fourth-order valence-electron chi connectivity index (χ4n) is 2.22. The molecule has 7 heteroatoms. The van der Waals surface area contributed by atoms with Crippen molar-refractivity contribution >= 4 is 51.4 Å². The Labute approximate surface area is 130 Å². The van der Waals surface area contributed by atoms with Crippen LogP contribution < -0.4 is 10.6 Å². The van der Waals surface area contributed by atoms with Gasteiger partial charge in [0.1, 0.15) is 5.82 Å². The summed E-state index contributed by atoms with van der Waals surface area (Å²) in [6, 6.07) is 5.47. The van der Waals surface area contributed by atoms with Gasteiger partial charge in [-0.05, 0) is 17.7 Å². The second kappa shape index (κ2) is 5.24. The highest BCUT2D eigenvalue weighted by molar-refractivity contribution is 7.16. The summed E-state index contributed by atoms with van der Waals surface area (Å²) in [6.45, 7) is 0. The molecule has 0 bridgehead atoms. The lowest BCUT2D eigenvalue weighted by Crippen LogP contribution is -2.22. The van der Waals surface area contributed by atoms with E-state index in [0.29, 0.717) is 22.3 Å². The van der Waals surface area contributed by atoms with E-state index in [2.05, 4.69) is 15.6 Å². The zero-order valence-corrected chi connectivity index (χ0v) is 12.9. The van der Waals surface area contributed by atoms with Gasteiger partial charge < -0.3 is 10.6 Å². The van der Waals surface area contributed by atoms with Crippen molar-refractivity contribution in [2.75, 3.05) is 17.7 Å². The number of halogens is 2. The summed E-state index contributed by atoms with van der Waals surface area (Å²) in [5.74, 6) is 0.557. The Hall–Kier alpha value is -1.30. The van der Waals surface area contributed by atoms with Crippen LogP contribution in [-0.2, 0) is 4.79 Å². The summed E-state index contributed by atoms with van der Waals surface area (Å²) >= 11 is 13.6. The van der Waals surface area contributed by atoms with E-state index in [-0.39, 0.29) is 11.8 Å². The fraction of sp³-hybridized carbons (Fsp3) is 0.231. The van der Waals surface area contributed by atoms with Crippen LogP contribution in [0, 0.1) is 0 Å². The first-order chi connectivity index (χ1) is 9.58. The quantitative estimate of drug-likeness (QED) is 0.877. The SMILES string of the molecule is CNc1nc2c(s1)C(c1ccc(Cl)c(Cl)c1)CC(=O)N2. The number of nitrogens with zero attached hydrogens (tertiary/aromatic N) is 1. The van der Waals surface area contributed by atoms with Gasteiger partial charge in [0.25, 0.3) is 0 Å². The molecule has 0 saturated heterocycles. The topological polar surface area (TPSA) is 54.0 Å². The van der Waals surface area contributed by atoms with Gasteiger partial charge in [-0.3, -0.25) is 4.79 Å². The van der Waals surface area contributed by atoms with Crippen molar-refractivity contribution < 1.29 is 4.79 Å². The van der Waals surface area contributed by atoms with Crippen LogP contribution in [0.1, 0.15) is 22.8 Å². The average molecular weight is 328 g/mol. The molecule has 1 unspecified atom stereocenters. The van der Waals surface area contributed by atoms with Crippen LogP contribution in [0.4, 0.5) is 10.9 Å². The van der Waals surface area contributed by atoms with Gasteiger partial charge in [0.05, 0.1) is 14.9 Å². The van der Waals surface area contributed by atoms with Crippen LogP contribution in [0.15, 0.2) is 18.2 Å². The Balaban J connectivity index is 2.07. The smallest absolute Gasteiger partial charge is 0.226 e. The summed E-state index contributed by atoms with van der Waals surface area (Å²) in [5, 5.41) is 7.59. The van der Waals surface area contributed by atoms with Crippen LogP contribution in [-0.4, -0.2) is 17.9 Å². The van der Waals surface area contributed by atoms with Crippen molar-refractivity contribution in [1.82, 2.24) is 4.98 Å². The first-order valence-corrected chi connectivity index (χ1v) is 7.59. The Morgan fingerprint density at radius 3 is 2.90 bits per heavy atom. The lowest BCUT2D eigenvalue weighted by molar-refractivity contribution is -0.116. The molecule has 4 nitrogen and oxygen atoms in total. The minimum atomic E-state index is -0.0403. The van der Waals surface area contributed by atoms with E-state index in [1.54, 1.807) is 13.1 Å². The van der Waals surface area contributed by atoms with Crippen LogP contribution in [0.25, 0.3) is 0 Å². The van der Waals surface area contributed by atoms with Crippen LogP contribution in [0.3, 0.4) is 0 Å². The number of carbonyl (C=O) groups excluding carboxylic acids is 1. The highest BCUT2D eigenvalue weighted by Crippen LogP contribution is 2.43. The lowest BCUT2D eigenvalue weighted by Gasteiger charge is -2.21. The third-order valence-corrected chi connectivity index (χ3v) is 5.10. The Bertz CT molecular complexity index is 686. The molecule has 1 amide bonds. The summed E-state index contributed by atoms with van der Waals surface area (Å²) in [7, 11) is 1.81. The minimum Gasteiger partial charge on any atom is -0.365 e. The number of amides is 1. The van der Waals surface area contributed by atoms with Gasteiger partial charge in [-0.15, -0.1) is 0 Å². The maximum atomic E-state index is 11.8. The predicted molar refractivity (Wildman–Crippen MR) is 83.2 cm³/mol. The van der Waals surface area contributed by atoms with Gasteiger partial charge in [0.15, 0.2) is 5.13 Å². The summed E-state index contributed by atoms with van der Waals surface area (Å²) in [5.41, 5.74) is 0.974.